The van der Waals surface area contributed by atoms with E-state index in [9.17, 15) is 23.6 Å². The van der Waals surface area contributed by atoms with Gasteiger partial charge in [0, 0.05) is 17.8 Å². The third kappa shape index (κ3) is 4.87. The Labute approximate surface area is 163 Å². The summed E-state index contributed by atoms with van der Waals surface area (Å²) in [5, 5.41) is 30.0. The zero-order valence-corrected chi connectivity index (χ0v) is 15.6. The molecule has 0 bridgehead atoms. The Hall–Kier alpha value is -2.25. The molecule has 0 aliphatic rings. The maximum Gasteiger partial charge on any atom is 1.00 e. The molecule has 0 fully saturated rings. The van der Waals surface area contributed by atoms with Gasteiger partial charge in [-0.25, -0.2) is 0 Å². The molecule has 11 nitrogen and oxygen atoms in total. The zero-order chi connectivity index (χ0) is 18.1. The largest absolute Gasteiger partial charge is 1.00 e. The molecule has 2 rings (SSSR count). The van der Waals surface area contributed by atoms with Crippen LogP contribution in [0.3, 0.4) is 0 Å². The average Bonchev–Trinajstić information content (AvgIpc) is 2.46. The summed E-state index contributed by atoms with van der Waals surface area (Å²) in [6.45, 7) is 0. The van der Waals surface area contributed by atoms with E-state index in [1.807, 2.05) is 0 Å². The van der Waals surface area contributed by atoms with Crippen LogP contribution in [0, 0.1) is 10.1 Å². The van der Waals surface area contributed by atoms with E-state index >= 15 is 0 Å². The first-order valence-corrected chi connectivity index (χ1v) is 7.57. The third-order valence-electron chi connectivity index (χ3n) is 2.83. The Morgan fingerprint density at radius 1 is 1.08 bits per heavy atom. The Morgan fingerprint density at radius 2 is 1.68 bits per heavy atom. The van der Waals surface area contributed by atoms with E-state index in [0.29, 0.717) is 11.8 Å². The first-order chi connectivity index (χ1) is 11.1. The predicted octanol–water partition coefficient (Wildman–Crippen LogP) is -1.50. The molecule has 0 amide bonds. The van der Waals surface area contributed by atoms with Crippen LogP contribution in [0.4, 0.5) is 28.4 Å². The van der Waals surface area contributed by atoms with Crippen molar-refractivity contribution in [2.75, 3.05) is 11.5 Å². The Balaban J connectivity index is 0.00000312. The van der Waals surface area contributed by atoms with Crippen molar-refractivity contribution in [1.29, 1.82) is 0 Å². The van der Waals surface area contributed by atoms with Crippen LogP contribution in [0.5, 0.6) is 5.75 Å². The minimum atomic E-state index is -4.97. The standard InChI is InChI=1S/C12H11N5O6S.Na/c13-6-1-2-9(8(14)3-6)15-16-10-4-7(17(19)20)5-11(12(10)18)24(21,22)23;/h1-5,18H,13-14H2,(H,21,22,23);/q;+1/p-1. The van der Waals surface area contributed by atoms with Crippen molar-refractivity contribution in [3.63, 3.8) is 0 Å². The van der Waals surface area contributed by atoms with Crippen molar-refractivity contribution >= 4 is 38.6 Å². The number of nitro groups is 1. The topological polar surface area (TPSA) is 197 Å². The molecular formula is C12H10N5NaO6S. The van der Waals surface area contributed by atoms with Crippen molar-refractivity contribution < 1.29 is 52.6 Å². The van der Waals surface area contributed by atoms with E-state index in [-0.39, 0.29) is 40.9 Å². The van der Waals surface area contributed by atoms with Gasteiger partial charge in [-0.1, -0.05) is 5.75 Å². The van der Waals surface area contributed by atoms with Crippen LogP contribution in [-0.2, 0) is 10.1 Å². The van der Waals surface area contributed by atoms with Gasteiger partial charge in [0.2, 0.25) is 0 Å². The molecule has 0 saturated heterocycles. The number of azo groups is 1. The molecule has 0 saturated carbocycles. The Kier molecular flexibility index (Phi) is 6.45. The molecule has 126 valence electrons. The molecule has 0 radical (unpaired) electrons. The maximum atomic E-state index is 12.0. The number of hydrogen-bond donors (Lipinski definition) is 3. The summed E-state index contributed by atoms with van der Waals surface area (Å²) in [7, 11) is -4.97. The number of nitrogens with zero attached hydrogens (tertiary/aromatic N) is 3. The van der Waals surface area contributed by atoms with Gasteiger partial charge in [-0.2, -0.15) is 13.5 Å². The molecule has 13 heteroatoms. The normalized spacial score (nSPS) is 11.2. The van der Waals surface area contributed by atoms with Crippen molar-refractivity contribution in [1.82, 2.24) is 0 Å². The van der Waals surface area contributed by atoms with Crippen molar-refractivity contribution in [2.45, 2.75) is 4.90 Å². The van der Waals surface area contributed by atoms with E-state index in [4.69, 9.17) is 16.0 Å². The van der Waals surface area contributed by atoms with Crippen molar-refractivity contribution in [2.24, 2.45) is 10.2 Å². The van der Waals surface area contributed by atoms with Crippen molar-refractivity contribution in [3.05, 3.63) is 40.4 Å². The van der Waals surface area contributed by atoms with Gasteiger partial charge in [0.15, 0.2) is 0 Å². The fourth-order valence-electron chi connectivity index (χ4n) is 1.72. The van der Waals surface area contributed by atoms with E-state index in [1.165, 1.54) is 18.2 Å². The van der Waals surface area contributed by atoms with Gasteiger partial charge in [0.1, 0.15) is 5.69 Å². The van der Waals surface area contributed by atoms with Crippen LogP contribution in [0.15, 0.2) is 45.5 Å². The van der Waals surface area contributed by atoms with Gasteiger partial charge < -0.3 is 16.6 Å². The molecule has 0 atom stereocenters. The number of nitrogens with two attached hydrogens (primary N) is 2. The van der Waals surface area contributed by atoms with Gasteiger partial charge in [-0.3, -0.25) is 14.7 Å². The Bertz CT molecular complexity index is 963. The Morgan fingerprint density at radius 3 is 2.20 bits per heavy atom. The van der Waals surface area contributed by atoms with Gasteiger partial charge in [0.05, 0.1) is 21.2 Å². The number of anilines is 2. The second-order valence-electron chi connectivity index (χ2n) is 4.54. The van der Waals surface area contributed by atoms with Crippen LogP contribution in [0.1, 0.15) is 0 Å². The van der Waals surface area contributed by atoms with Crippen LogP contribution >= 0.6 is 0 Å². The molecular weight excluding hydrogens is 365 g/mol. The van der Waals surface area contributed by atoms with Gasteiger partial charge in [0.25, 0.3) is 15.8 Å². The molecule has 0 heterocycles. The summed E-state index contributed by atoms with van der Waals surface area (Å²) in [6.07, 6.45) is 0. The summed E-state index contributed by atoms with van der Waals surface area (Å²) in [5.74, 6) is -1.24. The zero-order valence-electron chi connectivity index (χ0n) is 12.8. The van der Waals surface area contributed by atoms with Crippen LogP contribution < -0.4 is 46.1 Å². The van der Waals surface area contributed by atoms with Crippen LogP contribution in [0.2, 0.25) is 0 Å². The minimum Gasteiger partial charge on any atom is -0.870 e. The molecule has 5 N–H and O–H groups in total. The van der Waals surface area contributed by atoms with Gasteiger partial charge >= 0.3 is 29.6 Å². The fraction of sp³-hybridized carbons (Fsp3) is 0. The van der Waals surface area contributed by atoms with Crippen LogP contribution in [0.25, 0.3) is 0 Å². The number of rotatable bonds is 4. The number of benzene rings is 2. The number of hydrogen-bond acceptors (Lipinski definition) is 9. The van der Waals surface area contributed by atoms with Gasteiger partial charge in [-0.05, 0) is 18.2 Å². The second kappa shape index (κ2) is 7.76. The molecule has 0 aromatic heterocycles. The summed E-state index contributed by atoms with van der Waals surface area (Å²) in [6, 6.07) is 5.39. The molecule has 0 aliphatic heterocycles. The quantitative estimate of drug-likeness (QED) is 0.143. The van der Waals surface area contributed by atoms with Crippen molar-refractivity contribution in [3.8, 4) is 5.75 Å². The number of nitro benzene ring substituents is 1. The smallest absolute Gasteiger partial charge is 0.870 e. The first kappa shape index (κ1) is 20.8. The molecule has 2 aromatic rings. The monoisotopic (exact) mass is 375 g/mol. The SMILES string of the molecule is Nc1ccc(N=Nc2cc([N+](=O)[O-])cc(S(=O)(=O)O)c2[O-])c(N)c1.[Na+]. The number of nitrogen functional groups attached to an aromatic ring is 2. The summed E-state index contributed by atoms with van der Waals surface area (Å²) < 4.78 is 31.4. The van der Waals surface area contributed by atoms with Crippen LogP contribution in [-0.4, -0.2) is 17.9 Å². The predicted molar refractivity (Wildman–Crippen MR) is 81.8 cm³/mol. The third-order valence-corrected chi connectivity index (χ3v) is 3.68. The first-order valence-electron chi connectivity index (χ1n) is 6.13. The molecule has 0 aliphatic carbocycles. The molecule has 2 aromatic carbocycles. The van der Waals surface area contributed by atoms with E-state index in [0.717, 1.165) is 6.07 Å². The van der Waals surface area contributed by atoms with E-state index in [1.54, 1.807) is 0 Å². The molecule has 0 spiro atoms. The maximum absolute atomic E-state index is 12.0. The second-order valence-corrected chi connectivity index (χ2v) is 5.93. The molecule has 0 unspecified atom stereocenters. The summed E-state index contributed by atoms with van der Waals surface area (Å²) in [4.78, 5) is 8.72. The van der Waals surface area contributed by atoms with E-state index in [2.05, 4.69) is 10.2 Å². The van der Waals surface area contributed by atoms with Gasteiger partial charge in [-0.15, -0.1) is 5.11 Å². The van der Waals surface area contributed by atoms with E-state index < -0.39 is 37.1 Å². The molecule has 25 heavy (non-hydrogen) atoms. The fourth-order valence-corrected chi connectivity index (χ4v) is 2.33. The minimum absolute atomic E-state index is 0. The summed E-state index contributed by atoms with van der Waals surface area (Å²) >= 11 is 0. The summed E-state index contributed by atoms with van der Waals surface area (Å²) in [5.41, 5.74) is 10.4. The number of non-ortho nitro benzene ring substituents is 1. The average molecular weight is 375 g/mol.